The van der Waals surface area contributed by atoms with Crippen LogP contribution in [-0.4, -0.2) is 23.0 Å². The molecule has 0 unspecified atom stereocenters. The summed E-state index contributed by atoms with van der Waals surface area (Å²) in [7, 11) is 1.32. The fourth-order valence-electron chi connectivity index (χ4n) is 0.705. The van der Waals surface area contributed by atoms with Crippen LogP contribution in [0.2, 0.25) is 0 Å². The molecule has 1 aromatic rings. The van der Waals surface area contributed by atoms with Gasteiger partial charge >= 0.3 is 5.97 Å². The molecule has 1 rings (SSSR count). The Hall–Kier alpha value is -1.45. The van der Waals surface area contributed by atoms with Crippen molar-refractivity contribution in [1.82, 2.24) is 9.97 Å². The number of methoxy groups -OCH3 is 1. The molecule has 0 aliphatic carbocycles. The maximum Gasteiger partial charge on any atom is 0.358 e. The van der Waals surface area contributed by atoms with Gasteiger partial charge in [0.1, 0.15) is 0 Å². The molecule has 0 saturated heterocycles. The second-order valence-electron chi connectivity index (χ2n) is 1.98. The molecule has 0 spiro atoms. The number of hydrogen-bond donors (Lipinski definition) is 0. The Morgan fingerprint density at radius 1 is 1.31 bits per heavy atom. The molecule has 0 saturated carbocycles. The van der Waals surface area contributed by atoms with Crippen LogP contribution < -0.4 is 0 Å². The number of rotatable bonds is 1. The second-order valence-corrected chi connectivity index (χ2v) is 1.98. The summed E-state index contributed by atoms with van der Waals surface area (Å²) < 4.78 is 4.48. The van der Waals surface area contributed by atoms with Crippen LogP contribution in [0.4, 0.5) is 0 Å². The van der Waals surface area contributed by atoms with E-state index in [9.17, 15) is 4.79 Å². The number of ether oxygens (including phenoxy) is 1. The molecule has 0 bridgehead atoms. The maximum atomic E-state index is 10.9. The average molecular weight is 182 g/mol. The third kappa shape index (κ3) is 3.19. The van der Waals surface area contributed by atoms with Gasteiger partial charge in [0.25, 0.3) is 0 Å². The fraction of sp³-hybridized carbons (Fsp3) is 0.444. The minimum atomic E-state index is -0.449. The Bertz CT molecular complexity index is 274. The van der Waals surface area contributed by atoms with E-state index < -0.39 is 5.97 Å². The molecule has 13 heavy (non-hydrogen) atoms. The summed E-state index contributed by atoms with van der Waals surface area (Å²) in [5.41, 5.74) is 0.856. The first kappa shape index (κ1) is 11.6. The van der Waals surface area contributed by atoms with E-state index in [4.69, 9.17) is 0 Å². The van der Waals surface area contributed by atoms with Crippen molar-refractivity contribution in [2.45, 2.75) is 20.8 Å². The zero-order valence-electron chi connectivity index (χ0n) is 8.37. The first-order chi connectivity index (χ1) is 6.25. The molecule has 1 aromatic heterocycles. The van der Waals surface area contributed by atoms with Gasteiger partial charge < -0.3 is 4.74 Å². The zero-order valence-corrected chi connectivity index (χ0v) is 8.37. The third-order valence-corrected chi connectivity index (χ3v) is 1.26. The molecule has 0 amide bonds. The van der Waals surface area contributed by atoms with Gasteiger partial charge in [0, 0.05) is 12.4 Å². The number of hydrogen-bond acceptors (Lipinski definition) is 4. The first-order valence-electron chi connectivity index (χ1n) is 4.11. The standard InChI is InChI=1S/C7H8N2O2.C2H6/c1-5-6(7(10)11-2)9-4-3-8-5;1-2/h3-4H,1-2H3;1-2H3. The van der Waals surface area contributed by atoms with E-state index in [1.54, 1.807) is 6.92 Å². The minimum Gasteiger partial charge on any atom is -0.464 e. The van der Waals surface area contributed by atoms with Gasteiger partial charge in [0.05, 0.1) is 12.8 Å². The predicted octanol–water partition coefficient (Wildman–Crippen LogP) is 1.60. The highest BCUT2D eigenvalue weighted by Crippen LogP contribution is 1.99. The van der Waals surface area contributed by atoms with Crippen LogP contribution in [-0.2, 0) is 4.74 Å². The minimum absolute atomic E-state index is 0.273. The highest BCUT2D eigenvalue weighted by atomic mass is 16.5. The molecule has 72 valence electrons. The van der Waals surface area contributed by atoms with Crippen molar-refractivity contribution < 1.29 is 9.53 Å². The summed E-state index contributed by atoms with van der Waals surface area (Å²) in [5.74, 6) is -0.449. The van der Waals surface area contributed by atoms with E-state index in [-0.39, 0.29) is 5.69 Å². The van der Waals surface area contributed by atoms with Gasteiger partial charge in [-0.25, -0.2) is 9.78 Å². The second kappa shape index (κ2) is 6.11. The van der Waals surface area contributed by atoms with Crippen molar-refractivity contribution in [3.63, 3.8) is 0 Å². The summed E-state index contributed by atoms with van der Waals surface area (Å²) in [6.45, 7) is 5.71. The van der Waals surface area contributed by atoms with Gasteiger partial charge in [-0.3, -0.25) is 4.98 Å². The quantitative estimate of drug-likeness (QED) is 0.619. The zero-order chi connectivity index (χ0) is 10.3. The Morgan fingerprint density at radius 2 is 1.85 bits per heavy atom. The van der Waals surface area contributed by atoms with E-state index in [1.807, 2.05) is 13.8 Å². The van der Waals surface area contributed by atoms with Crippen molar-refractivity contribution in [3.8, 4) is 0 Å². The predicted molar refractivity (Wildman–Crippen MR) is 49.5 cm³/mol. The third-order valence-electron chi connectivity index (χ3n) is 1.26. The van der Waals surface area contributed by atoms with Crippen LogP contribution in [0.3, 0.4) is 0 Å². The molecular formula is C9H14N2O2. The summed E-state index contributed by atoms with van der Waals surface area (Å²) in [5, 5.41) is 0. The summed E-state index contributed by atoms with van der Waals surface area (Å²) in [6, 6.07) is 0. The lowest BCUT2D eigenvalue weighted by atomic mass is 10.3. The molecule has 0 aromatic carbocycles. The highest BCUT2D eigenvalue weighted by Gasteiger charge is 2.09. The van der Waals surface area contributed by atoms with Crippen LogP contribution in [0, 0.1) is 6.92 Å². The molecule has 4 heteroatoms. The van der Waals surface area contributed by atoms with Crippen LogP contribution in [0.15, 0.2) is 12.4 Å². The fourth-order valence-corrected chi connectivity index (χ4v) is 0.705. The topological polar surface area (TPSA) is 52.1 Å². The summed E-state index contributed by atoms with van der Waals surface area (Å²) in [6.07, 6.45) is 2.99. The van der Waals surface area contributed by atoms with Gasteiger partial charge in [-0.15, -0.1) is 0 Å². The summed E-state index contributed by atoms with van der Waals surface area (Å²) >= 11 is 0. The number of esters is 1. The Kier molecular flexibility index (Phi) is 5.43. The molecule has 1 heterocycles. The number of carbonyl (C=O) groups excluding carboxylic acids is 1. The molecular weight excluding hydrogens is 168 g/mol. The van der Waals surface area contributed by atoms with Crippen molar-refractivity contribution in [1.29, 1.82) is 0 Å². The maximum absolute atomic E-state index is 10.9. The van der Waals surface area contributed by atoms with Crippen molar-refractivity contribution in [2.24, 2.45) is 0 Å². The van der Waals surface area contributed by atoms with Crippen molar-refractivity contribution in [3.05, 3.63) is 23.8 Å². The number of aryl methyl sites for hydroxylation is 1. The van der Waals surface area contributed by atoms with Gasteiger partial charge in [-0.05, 0) is 6.92 Å². The molecule has 0 radical (unpaired) electrons. The molecule has 0 atom stereocenters. The lowest BCUT2D eigenvalue weighted by Crippen LogP contribution is -2.07. The lowest BCUT2D eigenvalue weighted by Gasteiger charge is -1.98. The smallest absolute Gasteiger partial charge is 0.358 e. The Morgan fingerprint density at radius 3 is 2.31 bits per heavy atom. The largest absolute Gasteiger partial charge is 0.464 e. The van der Waals surface area contributed by atoms with E-state index in [2.05, 4.69) is 14.7 Å². The normalized spacial score (nSPS) is 8.31. The molecule has 0 aliphatic rings. The summed E-state index contributed by atoms with van der Waals surface area (Å²) in [4.78, 5) is 18.6. The number of carbonyl (C=O) groups is 1. The van der Waals surface area contributed by atoms with Crippen LogP contribution in [0.5, 0.6) is 0 Å². The first-order valence-corrected chi connectivity index (χ1v) is 4.11. The number of aromatic nitrogens is 2. The molecule has 4 nitrogen and oxygen atoms in total. The van der Waals surface area contributed by atoms with Gasteiger partial charge in [0.2, 0.25) is 0 Å². The van der Waals surface area contributed by atoms with Crippen LogP contribution in [0.1, 0.15) is 30.0 Å². The van der Waals surface area contributed by atoms with Gasteiger partial charge in [0.15, 0.2) is 5.69 Å². The van der Waals surface area contributed by atoms with E-state index in [1.165, 1.54) is 19.5 Å². The van der Waals surface area contributed by atoms with Crippen molar-refractivity contribution >= 4 is 5.97 Å². The Balaban J connectivity index is 0.000000671. The molecule has 0 aliphatic heterocycles. The van der Waals surface area contributed by atoms with E-state index in [0.29, 0.717) is 5.69 Å². The van der Waals surface area contributed by atoms with E-state index in [0.717, 1.165) is 0 Å². The highest BCUT2D eigenvalue weighted by molar-refractivity contribution is 5.88. The van der Waals surface area contributed by atoms with Gasteiger partial charge in [-0.2, -0.15) is 0 Å². The molecule has 0 fully saturated rings. The SMILES string of the molecule is CC.COC(=O)c1nccnc1C. The van der Waals surface area contributed by atoms with Gasteiger partial charge in [-0.1, -0.05) is 13.8 Å². The van der Waals surface area contributed by atoms with Crippen LogP contribution in [0.25, 0.3) is 0 Å². The van der Waals surface area contributed by atoms with Crippen molar-refractivity contribution in [2.75, 3.05) is 7.11 Å². The monoisotopic (exact) mass is 182 g/mol. The molecule has 0 N–H and O–H groups in total. The number of nitrogens with zero attached hydrogens (tertiary/aromatic N) is 2. The average Bonchev–Trinajstić information content (AvgIpc) is 2.20. The van der Waals surface area contributed by atoms with Crippen LogP contribution >= 0.6 is 0 Å². The Labute approximate surface area is 78.0 Å². The van der Waals surface area contributed by atoms with E-state index >= 15 is 0 Å². The lowest BCUT2D eigenvalue weighted by molar-refractivity contribution is 0.0592.